The van der Waals surface area contributed by atoms with Crippen molar-refractivity contribution in [2.75, 3.05) is 11.1 Å². The number of carbonyl (C=O) groups is 3. The fourth-order valence-corrected chi connectivity index (χ4v) is 6.52. The number of anilines is 2. The molecule has 2 saturated carbocycles. The highest BCUT2D eigenvalue weighted by molar-refractivity contribution is 6.32. The lowest BCUT2D eigenvalue weighted by molar-refractivity contribution is -0.149. The Morgan fingerprint density at radius 1 is 0.689 bits per heavy atom. The van der Waals surface area contributed by atoms with Gasteiger partial charge in [0.1, 0.15) is 17.3 Å². The van der Waals surface area contributed by atoms with Crippen LogP contribution in [0.15, 0.2) is 94.0 Å². The van der Waals surface area contributed by atoms with E-state index >= 15 is 0 Å². The van der Waals surface area contributed by atoms with Crippen molar-refractivity contribution < 1.29 is 43.1 Å². The van der Waals surface area contributed by atoms with E-state index in [1.165, 1.54) is 0 Å². The molecule has 2 aliphatic rings. The second-order valence-corrected chi connectivity index (χ2v) is 15.8. The predicted octanol–water partition coefficient (Wildman–Crippen LogP) is 9.60. The summed E-state index contributed by atoms with van der Waals surface area (Å²) in [6.07, 6.45) is 1.87. The molecule has 4 aromatic carbocycles. The number of carboxylic acids is 2. The summed E-state index contributed by atoms with van der Waals surface area (Å²) in [6.45, 7) is 7.77. The van der Waals surface area contributed by atoms with Crippen LogP contribution in [0.25, 0.3) is 45.7 Å². The van der Waals surface area contributed by atoms with E-state index in [0.29, 0.717) is 63.5 Å². The third kappa shape index (κ3) is 11.9. The van der Waals surface area contributed by atoms with Crippen LogP contribution < -0.4 is 20.5 Å². The molecule has 5 N–H and O–H groups in total. The number of nitrogens with one attached hydrogen (secondary N) is 1. The summed E-state index contributed by atoms with van der Waals surface area (Å²) in [5.41, 5.74) is 10.4. The highest BCUT2D eigenvalue weighted by atomic mass is 35.5. The molecule has 2 heterocycles. The van der Waals surface area contributed by atoms with Crippen molar-refractivity contribution >= 4 is 52.3 Å². The molecule has 0 spiro atoms. The van der Waals surface area contributed by atoms with Gasteiger partial charge >= 0.3 is 11.9 Å². The van der Waals surface area contributed by atoms with Crippen LogP contribution in [0.2, 0.25) is 10.0 Å². The summed E-state index contributed by atoms with van der Waals surface area (Å²) in [4.78, 5) is 39.9. The Hall–Kier alpha value is -6.45. The predicted molar refractivity (Wildman–Crippen MR) is 229 cm³/mol. The van der Waals surface area contributed by atoms with Gasteiger partial charge in [-0.05, 0) is 125 Å². The fourth-order valence-electron chi connectivity index (χ4n) is 6.07. The van der Waals surface area contributed by atoms with Crippen molar-refractivity contribution in [1.82, 2.24) is 20.3 Å². The first-order valence-electron chi connectivity index (χ1n) is 19.4. The Labute approximate surface area is 361 Å². The Kier molecular flexibility index (Phi) is 14.3. The Morgan fingerprint density at radius 2 is 1.11 bits per heavy atom. The number of aromatic nitrogens is 4. The number of halogens is 2. The van der Waals surface area contributed by atoms with Gasteiger partial charge in [0, 0.05) is 52.5 Å². The SMILES string of the molecule is CC(C)Oc1ccc(-c2noc(-c3ccc(N)cc3)n2)cc1Cl.CC(C)Oc1ccc(-c2noc(-c3ccc(NC4CC(C(=O)O)C4)cc3)n2)cc1Cl.O=C1CC(C(=O)O)C1. The van der Waals surface area contributed by atoms with E-state index < -0.39 is 11.9 Å². The number of nitrogens with zero attached hydrogens (tertiary/aromatic N) is 4. The monoisotopic (exact) mass is 870 g/mol. The zero-order valence-electron chi connectivity index (χ0n) is 33.7. The number of nitrogens with two attached hydrogens (primary N) is 1. The van der Waals surface area contributed by atoms with Crippen LogP contribution in [-0.2, 0) is 14.4 Å². The minimum atomic E-state index is -0.843. The lowest BCUT2D eigenvalue weighted by Crippen LogP contribution is -2.39. The standard InChI is InChI=1S/C22H22ClN3O4.C17H16ClN3O2.C5H6O3/c1-12(2)29-19-8-5-14(11-18(19)23)20-25-21(30-26-20)13-3-6-16(7-4-13)24-17-9-15(10-17)22(27)28;1-10(2)22-15-8-5-12(9-14(15)18)16-20-17(23-21-16)11-3-6-13(19)7-4-11;6-4-1-3(2-4)5(7)8/h3-8,11-12,15,17,24H,9-10H2,1-2H3,(H,27,28);3-10H,19H2,1-2H3;3H,1-2H2,(H,7,8). The number of hydrogen-bond acceptors (Lipinski definition) is 13. The van der Waals surface area contributed by atoms with Crippen molar-refractivity contribution in [2.24, 2.45) is 11.8 Å². The molecule has 61 heavy (non-hydrogen) atoms. The van der Waals surface area contributed by atoms with Gasteiger partial charge in [0.15, 0.2) is 0 Å². The van der Waals surface area contributed by atoms with Gasteiger partial charge in [0.2, 0.25) is 11.6 Å². The number of carbonyl (C=O) groups excluding carboxylic acids is 1. The molecule has 0 amide bonds. The molecule has 8 rings (SSSR count). The first-order chi connectivity index (χ1) is 29.1. The largest absolute Gasteiger partial charge is 0.489 e. The van der Waals surface area contributed by atoms with Crippen molar-refractivity contribution in [3.63, 3.8) is 0 Å². The van der Waals surface area contributed by atoms with E-state index in [1.54, 1.807) is 36.4 Å². The van der Waals surface area contributed by atoms with Crippen LogP contribution in [0.3, 0.4) is 0 Å². The van der Waals surface area contributed by atoms with E-state index in [2.05, 4.69) is 25.6 Å². The van der Waals surface area contributed by atoms with E-state index in [4.69, 9.17) is 57.7 Å². The molecule has 0 atom stereocenters. The summed E-state index contributed by atoms with van der Waals surface area (Å²) in [7, 11) is 0. The molecular formula is C44H44Cl2N6O9. The molecule has 0 bridgehead atoms. The zero-order valence-corrected chi connectivity index (χ0v) is 35.2. The smallest absolute Gasteiger partial charge is 0.307 e. The minimum Gasteiger partial charge on any atom is -0.489 e. The minimum absolute atomic E-state index is 0.0329. The molecule has 318 valence electrons. The van der Waals surface area contributed by atoms with Crippen molar-refractivity contribution in [1.29, 1.82) is 0 Å². The lowest BCUT2D eigenvalue weighted by atomic mass is 9.80. The van der Waals surface area contributed by atoms with E-state index in [-0.39, 0.29) is 48.7 Å². The van der Waals surface area contributed by atoms with Gasteiger partial charge in [-0.25, -0.2) is 0 Å². The van der Waals surface area contributed by atoms with Gasteiger partial charge in [-0.1, -0.05) is 33.5 Å². The average molecular weight is 872 g/mol. The second-order valence-electron chi connectivity index (χ2n) is 15.0. The van der Waals surface area contributed by atoms with Crippen LogP contribution in [0.5, 0.6) is 11.5 Å². The lowest BCUT2D eigenvalue weighted by Gasteiger charge is -2.33. The number of aliphatic carboxylic acids is 2. The summed E-state index contributed by atoms with van der Waals surface area (Å²) in [6, 6.07) is 25.8. The number of rotatable bonds is 12. The molecule has 0 unspecified atom stereocenters. The van der Waals surface area contributed by atoms with Crippen LogP contribution in [-0.4, -0.2) is 66.5 Å². The first-order valence-corrected chi connectivity index (χ1v) is 20.2. The molecule has 2 aromatic heterocycles. The maximum atomic E-state index is 10.9. The Morgan fingerprint density at radius 3 is 1.49 bits per heavy atom. The number of benzene rings is 4. The maximum Gasteiger partial charge on any atom is 0.307 e. The molecular weight excluding hydrogens is 827 g/mol. The molecule has 2 aliphatic carbocycles. The third-order valence-electron chi connectivity index (χ3n) is 9.40. The van der Waals surface area contributed by atoms with E-state index in [9.17, 15) is 14.4 Å². The first kappa shape index (κ1) is 44.1. The van der Waals surface area contributed by atoms with Gasteiger partial charge in [-0.3, -0.25) is 14.4 Å². The second kappa shape index (κ2) is 19.7. The van der Waals surface area contributed by atoms with Gasteiger partial charge in [0.05, 0.1) is 34.1 Å². The molecule has 15 nitrogen and oxygen atoms in total. The fraction of sp³-hybridized carbons (Fsp3) is 0.295. The van der Waals surface area contributed by atoms with Crippen LogP contribution in [0.4, 0.5) is 11.4 Å². The van der Waals surface area contributed by atoms with Gasteiger partial charge in [-0.15, -0.1) is 0 Å². The maximum absolute atomic E-state index is 10.9. The molecule has 0 aliphatic heterocycles. The van der Waals surface area contributed by atoms with Crippen molar-refractivity contribution in [3.8, 4) is 57.2 Å². The molecule has 17 heteroatoms. The summed E-state index contributed by atoms with van der Waals surface area (Å²) in [5, 5.41) is 29.6. The number of hydrogen-bond donors (Lipinski definition) is 4. The number of ketones is 1. The topological polar surface area (TPSA) is 226 Å². The zero-order chi connectivity index (χ0) is 43.8. The Balaban J connectivity index is 0.000000177. The molecule has 0 radical (unpaired) electrons. The summed E-state index contributed by atoms with van der Waals surface area (Å²) >= 11 is 12.5. The molecule has 0 saturated heterocycles. The van der Waals surface area contributed by atoms with Crippen LogP contribution >= 0.6 is 23.2 Å². The average Bonchev–Trinajstić information content (AvgIpc) is 3.89. The van der Waals surface area contributed by atoms with E-state index in [0.717, 1.165) is 27.9 Å². The highest BCUT2D eigenvalue weighted by Gasteiger charge is 2.34. The number of carboxylic acid groups (broad SMARTS) is 2. The van der Waals surface area contributed by atoms with Gasteiger partial charge in [0.25, 0.3) is 11.8 Å². The van der Waals surface area contributed by atoms with Gasteiger partial charge < -0.3 is 39.8 Å². The van der Waals surface area contributed by atoms with Crippen LogP contribution in [0.1, 0.15) is 53.4 Å². The molecule has 6 aromatic rings. The number of nitrogen functional groups attached to an aromatic ring is 1. The van der Waals surface area contributed by atoms with Crippen molar-refractivity contribution in [2.45, 2.75) is 71.6 Å². The summed E-state index contributed by atoms with van der Waals surface area (Å²) in [5.74, 6) is 0.884. The number of ether oxygens (including phenoxy) is 2. The van der Waals surface area contributed by atoms with Crippen molar-refractivity contribution in [3.05, 3.63) is 95.0 Å². The van der Waals surface area contributed by atoms with E-state index in [1.807, 2.05) is 76.2 Å². The molecule has 2 fully saturated rings. The highest BCUT2D eigenvalue weighted by Crippen LogP contribution is 2.34. The summed E-state index contributed by atoms with van der Waals surface area (Å²) < 4.78 is 22.0. The van der Waals surface area contributed by atoms with Gasteiger partial charge in [-0.2, -0.15) is 9.97 Å². The quantitative estimate of drug-likeness (QED) is 0.0840. The normalized spacial score (nSPS) is 15.7. The number of Topliss-reactive ketones (excluding diaryl/α,β-unsaturated/α-hetero) is 1. The third-order valence-corrected chi connectivity index (χ3v) is 9.99. The van der Waals surface area contributed by atoms with Crippen LogP contribution in [0, 0.1) is 11.8 Å². The Bertz CT molecular complexity index is 2460.